The number of ether oxygens (including phenoxy) is 4. The Hall–Kier alpha value is -1.94. The van der Waals surface area contributed by atoms with Gasteiger partial charge in [-0.1, -0.05) is 318 Å². The van der Waals surface area contributed by atoms with Gasteiger partial charge >= 0.3 is 39.5 Å². The Morgan fingerprint density at radius 3 is 0.826 bits per heavy atom. The summed E-state index contributed by atoms with van der Waals surface area (Å²) in [6.45, 7) is 11.9. The second kappa shape index (κ2) is 63.8. The van der Waals surface area contributed by atoms with Crippen molar-refractivity contribution in [3.8, 4) is 0 Å². The first-order valence-corrected chi connectivity index (χ1v) is 40.9. The van der Waals surface area contributed by atoms with Gasteiger partial charge in [0.05, 0.1) is 26.4 Å². The van der Waals surface area contributed by atoms with Gasteiger partial charge in [0.2, 0.25) is 0 Å². The molecule has 0 aliphatic heterocycles. The fraction of sp³-hybridized carbons (Fsp3) is 0.945. The first-order chi connectivity index (χ1) is 44.3. The van der Waals surface area contributed by atoms with Gasteiger partial charge in [-0.15, -0.1) is 0 Å². The van der Waals surface area contributed by atoms with E-state index in [0.717, 1.165) is 108 Å². The maximum absolute atomic E-state index is 13.1. The van der Waals surface area contributed by atoms with Gasteiger partial charge in [-0.2, -0.15) is 0 Å². The Morgan fingerprint density at radius 1 is 0.315 bits per heavy atom. The Labute approximate surface area is 562 Å². The number of phosphoric acid groups is 2. The number of phosphoric ester groups is 2. The van der Waals surface area contributed by atoms with E-state index in [1.54, 1.807) is 0 Å². The highest BCUT2D eigenvalue weighted by Crippen LogP contribution is 2.45. The smallest absolute Gasteiger partial charge is 0.462 e. The van der Waals surface area contributed by atoms with Crippen molar-refractivity contribution >= 4 is 39.5 Å². The summed E-state index contributed by atoms with van der Waals surface area (Å²) < 4.78 is 68.4. The summed E-state index contributed by atoms with van der Waals surface area (Å²) in [5.41, 5.74) is 0. The molecule has 0 spiro atoms. The van der Waals surface area contributed by atoms with E-state index in [1.807, 2.05) is 0 Å². The average Bonchev–Trinajstić information content (AvgIpc) is 1.77. The van der Waals surface area contributed by atoms with Crippen LogP contribution in [0.5, 0.6) is 0 Å². The Kier molecular flexibility index (Phi) is 62.4. The molecule has 0 amide bonds. The Bertz CT molecular complexity index is 1800. The maximum Gasteiger partial charge on any atom is 0.472 e. The zero-order valence-electron chi connectivity index (χ0n) is 60.0. The van der Waals surface area contributed by atoms with Gasteiger partial charge in [0.1, 0.15) is 19.3 Å². The van der Waals surface area contributed by atoms with Crippen LogP contribution < -0.4 is 0 Å². The van der Waals surface area contributed by atoms with Crippen molar-refractivity contribution in [3.63, 3.8) is 0 Å². The molecule has 546 valence electrons. The molecule has 0 aromatic rings. The van der Waals surface area contributed by atoms with Crippen molar-refractivity contribution in [2.24, 2.45) is 17.8 Å². The third-order valence-electron chi connectivity index (χ3n) is 17.2. The quantitative estimate of drug-likeness (QED) is 0.0222. The molecule has 0 aliphatic rings. The molecule has 0 bridgehead atoms. The van der Waals surface area contributed by atoms with Crippen molar-refractivity contribution in [1.82, 2.24) is 0 Å². The molecule has 0 aromatic carbocycles. The molecule has 0 saturated heterocycles. The van der Waals surface area contributed by atoms with Crippen molar-refractivity contribution in [1.29, 1.82) is 0 Å². The molecular weight excluding hydrogens is 1210 g/mol. The summed E-state index contributed by atoms with van der Waals surface area (Å²) in [6, 6.07) is 0. The zero-order valence-corrected chi connectivity index (χ0v) is 61.8. The van der Waals surface area contributed by atoms with E-state index in [2.05, 4.69) is 48.5 Å². The fourth-order valence-corrected chi connectivity index (χ4v) is 12.6. The van der Waals surface area contributed by atoms with Crippen LogP contribution in [0.25, 0.3) is 0 Å². The summed E-state index contributed by atoms with van der Waals surface area (Å²) in [5.74, 6) is 0.193. The lowest BCUT2D eigenvalue weighted by Crippen LogP contribution is -2.30. The Morgan fingerprint density at radius 2 is 0.554 bits per heavy atom. The van der Waals surface area contributed by atoms with Crippen molar-refractivity contribution < 1.29 is 80.2 Å². The van der Waals surface area contributed by atoms with Crippen LogP contribution in [-0.2, 0) is 65.4 Å². The molecule has 3 N–H and O–H groups in total. The maximum atomic E-state index is 13.1. The highest BCUT2D eigenvalue weighted by molar-refractivity contribution is 7.47. The fourth-order valence-electron chi connectivity index (χ4n) is 11.0. The normalized spacial score (nSPS) is 14.4. The molecule has 0 radical (unpaired) electrons. The average molecular weight is 1350 g/mol. The molecule has 0 rings (SSSR count). The number of unbranched alkanes of at least 4 members (excludes halogenated alkanes) is 38. The van der Waals surface area contributed by atoms with Crippen LogP contribution in [0.2, 0.25) is 0 Å². The van der Waals surface area contributed by atoms with E-state index in [0.29, 0.717) is 25.7 Å². The summed E-state index contributed by atoms with van der Waals surface area (Å²) in [5, 5.41) is 10.6. The first kappa shape index (κ1) is 90.1. The molecule has 6 atom stereocenters. The van der Waals surface area contributed by atoms with Crippen molar-refractivity contribution in [2.45, 2.75) is 388 Å². The minimum absolute atomic E-state index is 0.105. The lowest BCUT2D eigenvalue weighted by atomic mass is 9.99. The molecule has 0 heterocycles. The molecular formula is C73H142O17P2. The van der Waals surface area contributed by atoms with Gasteiger partial charge < -0.3 is 33.8 Å². The molecule has 0 saturated carbocycles. The van der Waals surface area contributed by atoms with E-state index in [4.69, 9.17) is 37.0 Å². The van der Waals surface area contributed by atoms with Gasteiger partial charge in [-0.3, -0.25) is 37.3 Å². The largest absolute Gasteiger partial charge is 0.472 e. The van der Waals surface area contributed by atoms with E-state index in [-0.39, 0.29) is 25.7 Å². The van der Waals surface area contributed by atoms with Crippen molar-refractivity contribution in [2.75, 3.05) is 39.6 Å². The second-order valence-corrected chi connectivity index (χ2v) is 30.4. The number of hydrogen-bond donors (Lipinski definition) is 3. The summed E-state index contributed by atoms with van der Waals surface area (Å²) in [6.07, 6.45) is 48.5. The first-order valence-electron chi connectivity index (χ1n) is 37.9. The second-order valence-electron chi connectivity index (χ2n) is 27.5. The van der Waals surface area contributed by atoms with Crippen LogP contribution in [0.4, 0.5) is 0 Å². The molecule has 0 fully saturated rings. The molecule has 19 heteroatoms. The lowest BCUT2D eigenvalue weighted by molar-refractivity contribution is -0.161. The van der Waals surface area contributed by atoms with E-state index in [9.17, 15) is 43.2 Å². The third-order valence-corrected chi connectivity index (χ3v) is 19.1. The molecule has 0 aromatic heterocycles. The third kappa shape index (κ3) is 65.4. The van der Waals surface area contributed by atoms with Crippen LogP contribution in [-0.4, -0.2) is 96.7 Å². The molecule has 92 heavy (non-hydrogen) atoms. The monoisotopic (exact) mass is 1350 g/mol. The van der Waals surface area contributed by atoms with Crippen LogP contribution in [0.3, 0.4) is 0 Å². The SMILES string of the molecule is CCCCCCCCCCCCC(=O)OC[C@H](COP(=O)(O)OC[C@H](O)COP(=O)(O)OC[C@@H](COC(=O)CCCCCCCCCCCC(C)C)OC(=O)CCCCCCCCCCCCCCCCCC(C)C)OC(=O)CCCCCCCCCCC(C)CC. The number of aliphatic hydroxyl groups excluding tert-OH is 1. The summed E-state index contributed by atoms with van der Waals surface area (Å²) >= 11 is 0. The van der Waals surface area contributed by atoms with Crippen LogP contribution in [0.1, 0.15) is 370 Å². The number of aliphatic hydroxyl groups is 1. The lowest BCUT2D eigenvalue weighted by Gasteiger charge is -2.21. The number of esters is 4. The highest BCUT2D eigenvalue weighted by Gasteiger charge is 2.30. The standard InChI is InChI=1S/C73H142O17P2/c1-8-10-11-12-13-14-25-33-40-47-54-70(75)83-61-69(90-73(78)57-50-43-36-29-28-32-39-46-53-66(7)9-2)63-88-92(81,82)86-59-67(74)58-85-91(79,80)87-62-68(60-84-71(76)55-48-41-34-27-22-24-31-38-45-52-65(5)6)89-72(77)56-49-42-35-26-21-19-17-15-16-18-20-23-30-37-44-51-64(3)4/h64-69,74H,8-63H2,1-7H3,(H,79,80)(H,81,82)/t66?,67-,68-,69-/m1/s1. The number of rotatable bonds is 71. The van der Waals surface area contributed by atoms with Gasteiger partial charge in [0.25, 0.3) is 0 Å². The Balaban J connectivity index is 5.24. The van der Waals surface area contributed by atoms with Crippen LogP contribution >= 0.6 is 15.6 Å². The van der Waals surface area contributed by atoms with Gasteiger partial charge in [-0.05, 0) is 43.4 Å². The van der Waals surface area contributed by atoms with Crippen molar-refractivity contribution in [3.05, 3.63) is 0 Å². The van der Waals surface area contributed by atoms with Gasteiger partial charge in [0, 0.05) is 25.7 Å². The predicted octanol–water partition coefficient (Wildman–Crippen LogP) is 21.0. The summed E-state index contributed by atoms with van der Waals surface area (Å²) in [7, 11) is -9.91. The minimum Gasteiger partial charge on any atom is -0.462 e. The van der Waals surface area contributed by atoms with Gasteiger partial charge in [0.15, 0.2) is 12.2 Å². The summed E-state index contributed by atoms with van der Waals surface area (Å²) in [4.78, 5) is 72.6. The highest BCUT2D eigenvalue weighted by atomic mass is 31.2. The molecule has 3 unspecified atom stereocenters. The number of carbonyl (C=O) groups excluding carboxylic acids is 4. The topological polar surface area (TPSA) is 237 Å². The zero-order chi connectivity index (χ0) is 68.0. The predicted molar refractivity (Wildman–Crippen MR) is 372 cm³/mol. The van der Waals surface area contributed by atoms with E-state index in [1.165, 1.54) is 180 Å². The number of hydrogen-bond acceptors (Lipinski definition) is 15. The van der Waals surface area contributed by atoms with Crippen LogP contribution in [0.15, 0.2) is 0 Å². The van der Waals surface area contributed by atoms with E-state index < -0.39 is 97.5 Å². The number of carbonyl (C=O) groups is 4. The van der Waals surface area contributed by atoms with E-state index >= 15 is 0 Å². The minimum atomic E-state index is -4.95. The van der Waals surface area contributed by atoms with Crippen LogP contribution in [0, 0.1) is 17.8 Å². The molecule has 0 aliphatic carbocycles. The van der Waals surface area contributed by atoms with Gasteiger partial charge in [-0.25, -0.2) is 9.13 Å². The molecule has 17 nitrogen and oxygen atoms in total.